The number of thiocarbonyl (C=S) groups is 1. The number of hydrogen-bond donors (Lipinski definition) is 0. The summed E-state index contributed by atoms with van der Waals surface area (Å²) in [5, 5.41) is 1.14. The summed E-state index contributed by atoms with van der Waals surface area (Å²) in [4.78, 5) is 14.6. The highest BCUT2D eigenvalue weighted by atomic mass is 35.5. The molecule has 1 aliphatic rings. The first-order chi connectivity index (χ1) is 12.5. The van der Waals surface area contributed by atoms with E-state index in [0.29, 0.717) is 38.2 Å². The van der Waals surface area contributed by atoms with Gasteiger partial charge in [-0.15, -0.1) is 0 Å². The fraction of sp³-hybridized carbons (Fsp3) is 0.158. The number of halogens is 2. The fourth-order valence-electron chi connectivity index (χ4n) is 2.44. The molecule has 3 rings (SSSR count). The highest BCUT2D eigenvalue weighted by molar-refractivity contribution is 8.26. The Morgan fingerprint density at radius 3 is 2.69 bits per heavy atom. The summed E-state index contributed by atoms with van der Waals surface area (Å²) in [6, 6.07) is 12.8. The molecular formula is C19H15Cl2NO2S2. The number of amides is 1. The standard InChI is InChI=1S/C19H15Cl2NO2S2/c1-2-22-18(23)17(26-19(22)25)9-12-5-3-4-6-16(12)24-11-13-7-8-14(20)10-15(13)21/h3-10H,2,11H2,1H3/b17-9+. The number of rotatable bonds is 5. The van der Waals surface area contributed by atoms with Gasteiger partial charge in [0.15, 0.2) is 0 Å². The highest BCUT2D eigenvalue weighted by Crippen LogP contribution is 2.34. The number of para-hydroxylation sites is 1. The monoisotopic (exact) mass is 423 g/mol. The molecule has 0 spiro atoms. The van der Waals surface area contributed by atoms with E-state index in [4.69, 9.17) is 40.2 Å². The molecular weight excluding hydrogens is 409 g/mol. The third-order valence-corrected chi connectivity index (χ3v) is 5.76. The number of benzene rings is 2. The van der Waals surface area contributed by atoms with E-state index in [1.54, 1.807) is 17.0 Å². The maximum atomic E-state index is 12.4. The van der Waals surface area contributed by atoms with Crippen LogP contribution in [0.5, 0.6) is 5.75 Å². The zero-order chi connectivity index (χ0) is 18.7. The number of thioether (sulfide) groups is 1. The van der Waals surface area contributed by atoms with Crippen molar-refractivity contribution in [2.75, 3.05) is 6.54 Å². The van der Waals surface area contributed by atoms with Crippen LogP contribution in [-0.4, -0.2) is 21.7 Å². The van der Waals surface area contributed by atoms with Crippen molar-refractivity contribution in [3.05, 3.63) is 68.5 Å². The van der Waals surface area contributed by atoms with Crippen molar-refractivity contribution in [3.8, 4) is 5.75 Å². The number of carbonyl (C=O) groups excluding carboxylic acids is 1. The minimum absolute atomic E-state index is 0.0713. The zero-order valence-corrected chi connectivity index (χ0v) is 17.0. The maximum absolute atomic E-state index is 12.4. The molecule has 1 aliphatic heterocycles. The molecule has 1 saturated heterocycles. The van der Waals surface area contributed by atoms with Crippen LogP contribution in [0.4, 0.5) is 0 Å². The second-order valence-corrected chi connectivity index (χ2v) is 8.01. The first kappa shape index (κ1) is 19.2. The lowest BCUT2D eigenvalue weighted by Crippen LogP contribution is -2.27. The van der Waals surface area contributed by atoms with E-state index in [-0.39, 0.29) is 5.91 Å². The molecule has 0 atom stereocenters. The second-order valence-electron chi connectivity index (χ2n) is 5.49. The Hall–Kier alpha value is -1.53. The van der Waals surface area contributed by atoms with Gasteiger partial charge in [0.1, 0.15) is 16.7 Å². The summed E-state index contributed by atoms with van der Waals surface area (Å²) in [5.41, 5.74) is 1.65. The number of nitrogens with zero attached hydrogens (tertiary/aromatic N) is 1. The van der Waals surface area contributed by atoms with E-state index in [1.807, 2.05) is 43.3 Å². The van der Waals surface area contributed by atoms with Gasteiger partial charge in [-0.05, 0) is 31.2 Å². The van der Waals surface area contributed by atoms with Crippen LogP contribution in [-0.2, 0) is 11.4 Å². The first-order valence-electron chi connectivity index (χ1n) is 7.90. The normalized spacial score (nSPS) is 15.8. The number of carbonyl (C=O) groups is 1. The third-order valence-electron chi connectivity index (χ3n) is 3.79. The molecule has 0 aliphatic carbocycles. The summed E-state index contributed by atoms with van der Waals surface area (Å²) in [5.74, 6) is 0.596. The Morgan fingerprint density at radius 1 is 1.23 bits per heavy atom. The van der Waals surface area contributed by atoms with Crippen molar-refractivity contribution >= 4 is 63.5 Å². The van der Waals surface area contributed by atoms with E-state index in [0.717, 1.165) is 11.1 Å². The van der Waals surface area contributed by atoms with Gasteiger partial charge in [0.05, 0.1) is 4.91 Å². The molecule has 0 unspecified atom stereocenters. The Labute approximate surface area is 171 Å². The summed E-state index contributed by atoms with van der Waals surface area (Å²) in [6.07, 6.45) is 1.81. The Kier molecular flexibility index (Phi) is 6.24. The first-order valence-corrected chi connectivity index (χ1v) is 9.88. The second kappa shape index (κ2) is 8.44. The summed E-state index contributed by atoms with van der Waals surface area (Å²) in [6.45, 7) is 2.77. The van der Waals surface area contributed by atoms with Gasteiger partial charge in [0.2, 0.25) is 0 Å². The van der Waals surface area contributed by atoms with Gasteiger partial charge in [-0.1, -0.05) is 71.4 Å². The SMILES string of the molecule is CCN1C(=O)/C(=C\c2ccccc2OCc2ccc(Cl)cc2Cl)SC1=S. The van der Waals surface area contributed by atoms with Crippen molar-refractivity contribution in [2.45, 2.75) is 13.5 Å². The summed E-state index contributed by atoms with van der Waals surface area (Å²) >= 11 is 18.7. The average molecular weight is 424 g/mol. The van der Waals surface area contributed by atoms with E-state index >= 15 is 0 Å². The molecule has 1 heterocycles. The van der Waals surface area contributed by atoms with E-state index < -0.39 is 0 Å². The molecule has 0 N–H and O–H groups in total. The summed E-state index contributed by atoms with van der Waals surface area (Å²) in [7, 11) is 0. The molecule has 2 aromatic rings. The molecule has 0 saturated carbocycles. The third kappa shape index (κ3) is 4.23. The Balaban J connectivity index is 1.82. The molecule has 134 valence electrons. The Morgan fingerprint density at radius 2 is 2.00 bits per heavy atom. The quantitative estimate of drug-likeness (QED) is 0.449. The van der Waals surface area contributed by atoms with Crippen LogP contribution in [0.25, 0.3) is 6.08 Å². The minimum atomic E-state index is -0.0713. The van der Waals surface area contributed by atoms with Gasteiger partial charge in [-0.2, -0.15) is 0 Å². The lowest BCUT2D eigenvalue weighted by Gasteiger charge is -2.11. The van der Waals surface area contributed by atoms with Gasteiger partial charge in [0, 0.05) is 27.7 Å². The van der Waals surface area contributed by atoms with Gasteiger partial charge < -0.3 is 4.74 Å². The van der Waals surface area contributed by atoms with Gasteiger partial charge >= 0.3 is 0 Å². The number of likely N-dealkylation sites (N-methyl/N-ethyl adjacent to an activating group) is 1. The van der Waals surface area contributed by atoms with Crippen LogP contribution in [0.1, 0.15) is 18.1 Å². The van der Waals surface area contributed by atoms with E-state index in [1.165, 1.54) is 11.8 Å². The van der Waals surface area contributed by atoms with Crippen LogP contribution < -0.4 is 4.74 Å². The lowest BCUT2D eigenvalue weighted by atomic mass is 10.1. The predicted molar refractivity (Wildman–Crippen MR) is 113 cm³/mol. The molecule has 26 heavy (non-hydrogen) atoms. The van der Waals surface area contributed by atoms with E-state index in [2.05, 4.69) is 0 Å². The van der Waals surface area contributed by atoms with Crippen LogP contribution in [0.2, 0.25) is 10.0 Å². The number of hydrogen-bond acceptors (Lipinski definition) is 4. The molecule has 1 amide bonds. The molecule has 7 heteroatoms. The zero-order valence-electron chi connectivity index (χ0n) is 13.9. The lowest BCUT2D eigenvalue weighted by molar-refractivity contribution is -0.121. The molecule has 0 bridgehead atoms. The largest absolute Gasteiger partial charge is 0.488 e. The fourth-order valence-corrected chi connectivity index (χ4v) is 4.28. The summed E-state index contributed by atoms with van der Waals surface area (Å²) < 4.78 is 6.51. The highest BCUT2D eigenvalue weighted by Gasteiger charge is 2.30. The number of ether oxygens (including phenoxy) is 1. The molecule has 0 radical (unpaired) electrons. The van der Waals surface area contributed by atoms with Crippen LogP contribution in [0.3, 0.4) is 0 Å². The smallest absolute Gasteiger partial charge is 0.266 e. The van der Waals surface area contributed by atoms with Crippen molar-refractivity contribution in [3.63, 3.8) is 0 Å². The van der Waals surface area contributed by atoms with Crippen LogP contribution in [0, 0.1) is 0 Å². The molecule has 0 aromatic heterocycles. The van der Waals surface area contributed by atoms with Crippen LogP contribution >= 0.6 is 47.2 Å². The predicted octanol–water partition coefficient (Wildman–Crippen LogP) is 5.79. The van der Waals surface area contributed by atoms with E-state index in [9.17, 15) is 4.79 Å². The average Bonchev–Trinajstić information content (AvgIpc) is 2.88. The van der Waals surface area contributed by atoms with Crippen molar-refractivity contribution in [1.82, 2.24) is 4.90 Å². The minimum Gasteiger partial charge on any atom is -0.488 e. The Bertz CT molecular complexity index is 899. The van der Waals surface area contributed by atoms with Crippen molar-refractivity contribution in [1.29, 1.82) is 0 Å². The van der Waals surface area contributed by atoms with Gasteiger partial charge in [0.25, 0.3) is 5.91 Å². The van der Waals surface area contributed by atoms with Crippen molar-refractivity contribution in [2.24, 2.45) is 0 Å². The molecule has 3 nitrogen and oxygen atoms in total. The van der Waals surface area contributed by atoms with Crippen LogP contribution in [0.15, 0.2) is 47.4 Å². The molecule has 1 fully saturated rings. The van der Waals surface area contributed by atoms with Gasteiger partial charge in [-0.3, -0.25) is 9.69 Å². The van der Waals surface area contributed by atoms with Crippen molar-refractivity contribution < 1.29 is 9.53 Å². The maximum Gasteiger partial charge on any atom is 0.266 e. The molecule has 2 aromatic carbocycles. The topological polar surface area (TPSA) is 29.5 Å². The van der Waals surface area contributed by atoms with Gasteiger partial charge in [-0.25, -0.2) is 0 Å².